The van der Waals surface area contributed by atoms with Crippen molar-refractivity contribution in [3.05, 3.63) is 66.9 Å². The molecule has 0 saturated carbocycles. The molecule has 0 radical (unpaired) electrons. The minimum Gasteiger partial charge on any atom is -0.493 e. The molecule has 30 heavy (non-hydrogen) atoms. The summed E-state index contributed by atoms with van der Waals surface area (Å²) in [6, 6.07) is 11.6. The van der Waals surface area contributed by atoms with Crippen molar-refractivity contribution in [2.75, 3.05) is 20.2 Å². The number of methoxy groups -OCH3 is 1. The zero-order chi connectivity index (χ0) is 21.2. The molecule has 0 amide bonds. The fourth-order valence-electron chi connectivity index (χ4n) is 2.78. The highest BCUT2D eigenvalue weighted by molar-refractivity contribution is 5.79. The number of aromatic nitrogens is 3. The van der Waals surface area contributed by atoms with Gasteiger partial charge in [-0.25, -0.2) is 15.0 Å². The molecule has 8 heteroatoms. The largest absolute Gasteiger partial charge is 0.493 e. The van der Waals surface area contributed by atoms with Crippen LogP contribution in [0.1, 0.15) is 19.4 Å². The van der Waals surface area contributed by atoms with Gasteiger partial charge in [-0.15, -0.1) is 0 Å². The molecule has 2 heterocycles. The van der Waals surface area contributed by atoms with E-state index in [0.717, 1.165) is 35.4 Å². The molecule has 0 fully saturated rings. The molecule has 8 nitrogen and oxygen atoms in total. The van der Waals surface area contributed by atoms with Crippen LogP contribution in [-0.2, 0) is 6.54 Å². The summed E-state index contributed by atoms with van der Waals surface area (Å²) in [6.07, 6.45) is 7.08. The van der Waals surface area contributed by atoms with Crippen LogP contribution in [0, 0.1) is 0 Å². The number of nitrogens with zero attached hydrogens (tertiary/aromatic N) is 4. The molecule has 2 N–H and O–H groups in total. The Labute approximate surface area is 177 Å². The van der Waals surface area contributed by atoms with Gasteiger partial charge in [0.25, 0.3) is 0 Å². The number of pyridine rings is 1. The van der Waals surface area contributed by atoms with E-state index in [1.165, 1.54) is 0 Å². The van der Waals surface area contributed by atoms with Crippen LogP contribution in [0.4, 0.5) is 0 Å². The average Bonchev–Trinajstić information content (AvgIpc) is 3.31. The molecule has 0 aliphatic heterocycles. The Morgan fingerprint density at radius 2 is 2.00 bits per heavy atom. The summed E-state index contributed by atoms with van der Waals surface area (Å²) >= 11 is 0. The minimum absolute atomic E-state index is 0.0683. The summed E-state index contributed by atoms with van der Waals surface area (Å²) in [5.41, 5.74) is 1.02. The van der Waals surface area contributed by atoms with Crippen LogP contribution < -0.4 is 20.1 Å². The van der Waals surface area contributed by atoms with Crippen molar-refractivity contribution in [1.29, 1.82) is 0 Å². The predicted molar refractivity (Wildman–Crippen MR) is 117 cm³/mol. The SMILES string of the molecule is CCNC(=NCc1ccc(-n2ccnc2)nc1)NCC(C)Oc1ccccc1OC. The number of nitrogens with one attached hydrogen (secondary N) is 2. The minimum atomic E-state index is -0.0683. The van der Waals surface area contributed by atoms with Crippen LogP contribution in [0.2, 0.25) is 0 Å². The lowest BCUT2D eigenvalue weighted by Gasteiger charge is -2.19. The van der Waals surface area contributed by atoms with Gasteiger partial charge in [0.1, 0.15) is 18.2 Å². The van der Waals surface area contributed by atoms with Crippen LogP contribution in [-0.4, -0.2) is 46.8 Å². The number of benzene rings is 1. The lowest BCUT2D eigenvalue weighted by atomic mass is 10.3. The lowest BCUT2D eigenvalue weighted by Crippen LogP contribution is -2.41. The van der Waals surface area contributed by atoms with E-state index in [1.54, 1.807) is 19.6 Å². The monoisotopic (exact) mass is 408 g/mol. The maximum Gasteiger partial charge on any atom is 0.191 e. The van der Waals surface area contributed by atoms with Gasteiger partial charge in [0.2, 0.25) is 0 Å². The summed E-state index contributed by atoms with van der Waals surface area (Å²) in [6.45, 7) is 5.93. The smallest absolute Gasteiger partial charge is 0.191 e. The van der Waals surface area contributed by atoms with Crippen molar-refractivity contribution < 1.29 is 9.47 Å². The fraction of sp³-hybridized carbons (Fsp3) is 0.318. The number of hydrogen-bond acceptors (Lipinski definition) is 5. The van der Waals surface area contributed by atoms with Crippen molar-refractivity contribution in [3.63, 3.8) is 0 Å². The summed E-state index contributed by atoms with van der Waals surface area (Å²) < 4.78 is 13.2. The zero-order valence-corrected chi connectivity index (χ0v) is 17.6. The molecular formula is C22H28N6O2. The molecule has 0 aliphatic rings. The third-order valence-corrected chi connectivity index (χ3v) is 4.30. The number of rotatable bonds is 9. The summed E-state index contributed by atoms with van der Waals surface area (Å²) in [4.78, 5) is 13.1. The molecule has 2 aromatic heterocycles. The van der Waals surface area contributed by atoms with Gasteiger partial charge in [-0.1, -0.05) is 18.2 Å². The second kappa shape index (κ2) is 10.8. The van der Waals surface area contributed by atoms with Gasteiger partial charge < -0.3 is 20.1 Å². The van der Waals surface area contributed by atoms with E-state index in [2.05, 4.69) is 25.6 Å². The molecule has 0 aliphatic carbocycles. The van der Waals surface area contributed by atoms with Crippen molar-refractivity contribution in [2.45, 2.75) is 26.5 Å². The third kappa shape index (κ3) is 5.97. The first-order valence-electron chi connectivity index (χ1n) is 9.94. The Morgan fingerprint density at radius 3 is 2.67 bits per heavy atom. The second-order valence-electron chi connectivity index (χ2n) is 6.65. The molecule has 1 atom stereocenters. The van der Waals surface area contributed by atoms with Crippen molar-refractivity contribution in [2.24, 2.45) is 4.99 Å². The molecule has 0 spiro atoms. The summed E-state index contributed by atoms with van der Waals surface area (Å²) in [5.74, 6) is 3.00. The van der Waals surface area contributed by atoms with Gasteiger partial charge in [-0.05, 0) is 37.6 Å². The number of aliphatic imine (C=N–C) groups is 1. The van der Waals surface area contributed by atoms with Crippen molar-refractivity contribution >= 4 is 5.96 Å². The Morgan fingerprint density at radius 1 is 1.17 bits per heavy atom. The van der Waals surface area contributed by atoms with Crippen LogP contribution in [0.3, 0.4) is 0 Å². The first kappa shape index (κ1) is 21.2. The fourth-order valence-corrected chi connectivity index (χ4v) is 2.78. The van der Waals surface area contributed by atoms with Crippen molar-refractivity contribution in [1.82, 2.24) is 25.2 Å². The van der Waals surface area contributed by atoms with E-state index in [4.69, 9.17) is 9.47 Å². The molecule has 0 bridgehead atoms. The van der Waals surface area contributed by atoms with Gasteiger partial charge >= 0.3 is 0 Å². The summed E-state index contributed by atoms with van der Waals surface area (Å²) in [5, 5.41) is 6.58. The quantitative estimate of drug-likeness (QED) is 0.418. The van der Waals surface area contributed by atoms with Gasteiger partial charge in [0, 0.05) is 25.1 Å². The highest BCUT2D eigenvalue weighted by Gasteiger charge is 2.09. The average molecular weight is 409 g/mol. The lowest BCUT2D eigenvalue weighted by molar-refractivity contribution is 0.213. The van der Waals surface area contributed by atoms with E-state index in [-0.39, 0.29) is 6.10 Å². The predicted octanol–water partition coefficient (Wildman–Crippen LogP) is 2.80. The third-order valence-electron chi connectivity index (χ3n) is 4.30. The molecular weight excluding hydrogens is 380 g/mol. The van der Waals surface area contributed by atoms with E-state index in [1.807, 2.05) is 67.2 Å². The van der Waals surface area contributed by atoms with Gasteiger partial charge in [0.15, 0.2) is 17.5 Å². The number of para-hydroxylation sites is 2. The Hall–Kier alpha value is -3.55. The standard InChI is InChI=1S/C22H28N6O2/c1-4-24-22(26-13-17(2)30-20-8-6-5-7-19(20)29-3)27-15-18-9-10-21(25-14-18)28-12-11-23-16-28/h5-12,14,16-17H,4,13,15H2,1-3H3,(H2,24,26,27). The van der Waals surface area contributed by atoms with Crippen LogP contribution >= 0.6 is 0 Å². The summed E-state index contributed by atoms with van der Waals surface area (Å²) in [7, 11) is 1.64. The zero-order valence-electron chi connectivity index (χ0n) is 17.6. The van der Waals surface area contributed by atoms with E-state index < -0.39 is 0 Å². The van der Waals surface area contributed by atoms with Crippen LogP contribution in [0.15, 0.2) is 66.3 Å². The second-order valence-corrected chi connectivity index (χ2v) is 6.65. The molecule has 1 aromatic carbocycles. The van der Waals surface area contributed by atoms with Gasteiger partial charge in [-0.2, -0.15) is 0 Å². The normalized spacial score (nSPS) is 12.3. The van der Waals surface area contributed by atoms with E-state index >= 15 is 0 Å². The van der Waals surface area contributed by atoms with Crippen LogP contribution in [0.5, 0.6) is 11.5 Å². The Bertz CT molecular complexity index is 925. The number of imidazole rings is 1. The molecule has 158 valence electrons. The maximum absolute atomic E-state index is 5.99. The number of guanidine groups is 1. The number of ether oxygens (including phenoxy) is 2. The van der Waals surface area contributed by atoms with Gasteiger partial charge in [-0.3, -0.25) is 4.57 Å². The topological polar surface area (TPSA) is 85.6 Å². The van der Waals surface area contributed by atoms with E-state index in [9.17, 15) is 0 Å². The van der Waals surface area contributed by atoms with Crippen LogP contribution in [0.25, 0.3) is 5.82 Å². The first-order chi connectivity index (χ1) is 14.7. The Kier molecular flexibility index (Phi) is 7.65. The van der Waals surface area contributed by atoms with Gasteiger partial charge in [0.05, 0.1) is 20.2 Å². The molecule has 0 saturated heterocycles. The van der Waals surface area contributed by atoms with E-state index in [0.29, 0.717) is 13.1 Å². The number of hydrogen-bond donors (Lipinski definition) is 2. The highest BCUT2D eigenvalue weighted by atomic mass is 16.5. The molecule has 3 rings (SSSR count). The first-order valence-corrected chi connectivity index (χ1v) is 9.94. The maximum atomic E-state index is 5.99. The molecule has 3 aromatic rings. The highest BCUT2D eigenvalue weighted by Crippen LogP contribution is 2.26. The van der Waals surface area contributed by atoms with Crippen molar-refractivity contribution in [3.8, 4) is 17.3 Å². The Balaban J connectivity index is 1.55. The molecule has 1 unspecified atom stereocenters.